The van der Waals surface area contributed by atoms with Gasteiger partial charge in [0.15, 0.2) is 5.78 Å². The van der Waals surface area contributed by atoms with E-state index in [1.807, 2.05) is 0 Å². The highest BCUT2D eigenvalue weighted by molar-refractivity contribution is 7.89. The summed E-state index contributed by atoms with van der Waals surface area (Å²) in [7, 11) is -4.21. The molecule has 1 aliphatic heterocycles. The van der Waals surface area contributed by atoms with Gasteiger partial charge >= 0.3 is 12.4 Å². The maximum Gasteiger partial charge on any atom is 0.416 e. The fraction of sp³-hybridized carbons (Fsp3) is 0.500. The van der Waals surface area contributed by atoms with E-state index in [9.17, 15) is 43.9 Å². The molecule has 1 N–H and O–H groups in total. The molecule has 3 aliphatic carbocycles. The number of aliphatic imine (C=N–C) groups is 1. The number of nitrogens with one attached hydrogen (secondary N) is 1. The summed E-state index contributed by atoms with van der Waals surface area (Å²) in [6.07, 6.45) is -9.59. The molecule has 0 saturated heterocycles. The molecule has 14 heteroatoms. The van der Waals surface area contributed by atoms with E-state index >= 15 is 0 Å². The van der Waals surface area contributed by atoms with Crippen LogP contribution >= 0.6 is 0 Å². The largest absolute Gasteiger partial charge is 0.416 e. The van der Waals surface area contributed by atoms with Gasteiger partial charge in [0.05, 0.1) is 17.0 Å². The second kappa shape index (κ2) is 10.0. The maximum absolute atomic E-state index is 13.8. The minimum Gasteiger partial charge on any atom is -0.360 e. The summed E-state index contributed by atoms with van der Waals surface area (Å²) in [5.74, 6) is -0.520. The third-order valence-corrected chi connectivity index (χ3v) is 10.4. The molecule has 42 heavy (non-hydrogen) atoms. The molecule has 6 nitrogen and oxygen atoms in total. The van der Waals surface area contributed by atoms with Gasteiger partial charge in [-0.1, -0.05) is 12.1 Å². The summed E-state index contributed by atoms with van der Waals surface area (Å²) < 4.78 is 119. The van der Waals surface area contributed by atoms with Gasteiger partial charge in [0.2, 0.25) is 10.0 Å². The van der Waals surface area contributed by atoms with Crippen LogP contribution < -0.4 is 5.32 Å². The number of carbonyl (C=O) groups excluding carboxylic acids is 1. The van der Waals surface area contributed by atoms with Gasteiger partial charge in [0.25, 0.3) is 0 Å². The van der Waals surface area contributed by atoms with Crippen molar-refractivity contribution in [2.75, 3.05) is 6.54 Å². The van der Waals surface area contributed by atoms with Crippen LogP contribution in [-0.4, -0.2) is 48.1 Å². The Morgan fingerprint density at radius 1 is 0.976 bits per heavy atom. The third kappa shape index (κ3) is 5.54. The van der Waals surface area contributed by atoms with E-state index in [1.54, 1.807) is 6.92 Å². The molecule has 3 saturated carbocycles. The Bertz CT molecular complexity index is 1480. The fourth-order valence-corrected chi connectivity index (χ4v) is 7.97. The van der Waals surface area contributed by atoms with E-state index in [1.165, 1.54) is 16.4 Å². The van der Waals surface area contributed by atoms with Crippen LogP contribution in [0.1, 0.15) is 56.6 Å². The molecule has 0 amide bonds. The molecule has 6 rings (SSSR count). The van der Waals surface area contributed by atoms with Crippen LogP contribution in [-0.2, 0) is 27.5 Å². The number of nitrogens with zero attached hydrogens (tertiary/aromatic N) is 2. The van der Waals surface area contributed by atoms with Crippen LogP contribution in [0.3, 0.4) is 0 Å². The predicted octanol–water partition coefficient (Wildman–Crippen LogP) is 6.02. The van der Waals surface area contributed by atoms with Gasteiger partial charge < -0.3 is 5.32 Å². The lowest BCUT2D eigenvalue weighted by atomic mass is 9.38. The number of halogens is 7. The number of alkyl halides is 6. The van der Waals surface area contributed by atoms with Crippen molar-refractivity contribution in [2.24, 2.45) is 10.4 Å². The second-order valence-electron chi connectivity index (χ2n) is 11.7. The molecule has 1 atom stereocenters. The van der Waals surface area contributed by atoms with Crippen LogP contribution in [0.5, 0.6) is 0 Å². The summed E-state index contributed by atoms with van der Waals surface area (Å²) in [5.41, 5.74) is -3.13. The molecule has 0 unspecified atom stereocenters. The number of carbonyl (C=O) groups is 1. The zero-order valence-corrected chi connectivity index (χ0v) is 23.3. The SMILES string of the molecule is C[C@]1(C(=O)CCCC(F)(F)F)CN=C(C23CC(N(Cc4ccc(C(F)(F)F)cc4)S(=O)(=O)c4ccc(F)cc4)(C2)C3)N1. The highest BCUT2D eigenvalue weighted by Gasteiger charge is 2.75. The first-order chi connectivity index (χ1) is 19.4. The third-order valence-electron chi connectivity index (χ3n) is 8.47. The minimum atomic E-state index is -4.55. The van der Waals surface area contributed by atoms with Crippen LogP contribution in [0.15, 0.2) is 58.4 Å². The number of sulfonamides is 1. The van der Waals surface area contributed by atoms with Crippen molar-refractivity contribution in [3.8, 4) is 0 Å². The van der Waals surface area contributed by atoms with E-state index in [0.717, 1.165) is 36.4 Å². The lowest BCUT2D eigenvalue weighted by molar-refractivity contribution is -0.151. The molecule has 3 fully saturated rings. The van der Waals surface area contributed by atoms with E-state index in [0.29, 0.717) is 30.7 Å². The number of ketones is 1. The van der Waals surface area contributed by atoms with Crippen molar-refractivity contribution < 1.29 is 43.9 Å². The average Bonchev–Trinajstić information content (AvgIpc) is 3.24. The monoisotopic (exact) mass is 619 g/mol. The number of rotatable bonds is 10. The lowest BCUT2D eigenvalue weighted by Gasteiger charge is -2.73. The first-order valence-electron chi connectivity index (χ1n) is 13.3. The molecule has 0 spiro atoms. The second-order valence-corrected chi connectivity index (χ2v) is 13.6. The molecular formula is C28H28F7N3O3S. The normalized spacial score (nSPS) is 27.2. The van der Waals surface area contributed by atoms with Crippen molar-refractivity contribution in [3.05, 3.63) is 65.5 Å². The first-order valence-corrected chi connectivity index (χ1v) is 14.7. The Morgan fingerprint density at radius 3 is 2.12 bits per heavy atom. The van der Waals surface area contributed by atoms with E-state index in [4.69, 9.17) is 0 Å². The molecule has 1 heterocycles. The Labute approximate surface area is 238 Å². The van der Waals surface area contributed by atoms with Gasteiger partial charge in [-0.05, 0) is 74.6 Å². The summed E-state index contributed by atoms with van der Waals surface area (Å²) in [6, 6.07) is 8.48. The zero-order valence-electron chi connectivity index (χ0n) is 22.4. The van der Waals surface area contributed by atoms with Crippen molar-refractivity contribution in [1.82, 2.24) is 9.62 Å². The number of benzene rings is 2. The fourth-order valence-electron chi connectivity index (χ4n) is 6.22. The Hall–Kier alpha value is -3.00. The number of amidine groups is 1. The van der Waals surface area contributed by atoms with Gasteiger partial charge in [-0.3, -0.25) is 9.79 Å². The van der Waals surface area contributed by atoms with E-state index in [2.05, 4.69) is 10.3 Å². The maximum atomic E-state index is 13.8. The standard InChI is InChI=1S/C28H28F7N3O3S/c1-24(22(39)3-2-12-27(30,31)32)17-36-23(37-24)25-14-26(15-25,16-25)38(42(40,41)21-10-8-20(29)9-11-21)13-18-4-6-19(7-5-18)28(33,34)35/h4-11H,2-3,12-17H2,1H3,(H,36,37)/t24-,25?,26?/m1/s1. The summed E-state index contributed by atoms with van der Waals surface area (Å²) >= 11 is 0. The van der Waals surface area contributed by atoms with E-state index in [-0.39, 0.29) is 30.8 Å². The topological polar surface area (TPSA) is 78.8 Å². The van der Waals surface area contributed by atoms with Gasteiger partial charge in [0, 0.05) is 30.3 Å². The van der Waals surface area contributed by atoms with Crippen LogP contribution in [0, 0.1) is 11.2 Å². The van der Waals surface area contributed by atoms with E-state index < -0.39 is 62.5 Å². The summed E-state index contributed by atoms with van der Waals surface area (Å²) in [5, 5.41) is 3.10. The van der Waals surface area contributed by atoms with Crippen LogP contribution in [0.25, 0.3) is 0 Å². The van der Waals surface area contributed by atoms with Gasteiger partial charge in [0.1, 0.15) is 17.2 Å². The Morgan fingerprint density at radius 2 is 1.57 bits per heavy atom. The molecule has 2 bridgehead atoms. The predicted molar refractivity (Wildman–Crippen MR) is 138 cm³/mol. The number of hydrogen-bond acceptors (Lipinski definition) is 5. The average molecular weight is 620 g/mol. The molecule has 2 aromatic carbocycles. The highest BCUT2D eigenvalue weighted by Crippen LogP contribution is 2.71. The Balaban J connectivity index is 1.33. The van der Waals surface area contributed by atoms with Crippen molar-refractivity contribution >= 4 is 21.6 Å². The summed E-state index contributed by atoms with van der Waals surface area (Å²) in [4.78, 5) is 17.0. The molecule has 4 aliphatic rings. The molecule has 228 valence electrons. The lowest BCUT2D eigenvalue weighted by Crippen LogP contribution is -2.78. The number of hydrogen-bond donors (Lipinski definition) is 1. The smallest absolute Gasteiger partial charge is 0.360 e. The van der Waals surface area contributed by atoms with Gasteiger partial charge in [-0.25, -0.2) is 12.8 Å². The highest BCUT2D eigenvalue weighted by atomic mass is 32.2. The van der Waals surface area contributed by atoms with Crippen LogP contribution in [0.4, 0.5) is 30.7 Å². The molecule has 2 aromatic rings. The quantitative estimate of drug-likeness (QED) is 0.330. The van der Waals surface area contributed by atoms with Crippen molar-refractivity contribution in [3.63, 3.8) is 0 Å². The number of Topliss-reactive ketones (excluding diaryl/α,β-unsaturated/α-hetero) is 1. The zero-order chi connectivity index (χ0) is 30.8. The Kier molecular flexibility index (Phi) is 7.28. The van der Waals surface area contributed by atoms with Crippen LogP contribution in [0.2, 0.25) is 0 Å². The van der Waals surface area contributed by atoms with Gasteiger partial charge in [-0.2, -0.15) is 30.6 Å². The molecule has 0 aromatic heterocycles. The first kappa shape index (κ1) is 30.5. The summed E-state index contributed by atoms with van der Waals surface area (Å²) in [6.45, 7) is 1.41. The minimum absolute atomic E-state index is 0.0467. The molecule has 0 radical (unpaired) electrons. The molecular weight excluding hydrogens is 591 g/mol. The van der Waals surface area contributed by atoms with Crippen molar-refractivity contribution in [2.45, 2.75) is 80.3 Å². The van der Waals surface area contributed by atoms with Gasteiger partial charge in [-0.15, -0.1) is 0 Å². The van der Waals surface area contributed by atoms with Crippen molar-refractivity contribution in [1.29, 1.82) is 0 Å².